The van der Waals surface area contributed by atoms with Crippen molar-refractivity contribution in [3.63, 3.8) is 0 Å². The first-order valence-corrected chi connectivity index (χ1v) is 9.83. The molecule has 2 saturated heterocycles. The average Bonchev–Trinajstić information content (AvgIpc) is 3.08. The molecule has 0 aromatic heterocycles. The fourth-order valence-corrected chi connectivity index (χ4v) is 3.45. The Morgan fingerprint density at radius 1 is 1.21 bits per heavy atom. The number of benzene rings is 1. The van der Waals surface area contributed by atoms with Crippen molar-refractivity contribution in [3.8, 4) is 0 Å². The highest BCUT2D eigenvalue weighted by Crippen LogP contribution is 2.39. The third kappa shape index (κ3) is 6.27. The maximum atomic E-state index is 12.2. The molecule has 0 spiro atoms. The number of rotatable bonds is 7. The quantitative estimate of drug-likeness (QED) is 0.391. The topological polar surface area (TPSA) is 72.5 Å². The highest BCUT2D eigenvalue weighted by Gasteiger charge is 2.48. The summed E-state index contributed by atoms with van der Waals surface area (Å²) in [6, 6.07) is 9.88. The van der Waals surface area contributed by atoms with E-state index in [1.165, 1.54) is 6.08 Å². The van der Waals surface area contributed by atoms with Crippen molar-refractivity contribution in [2.75, 3.05) is 20.5 Å². The van der Waals surface area contributed by atoms with Gasteiger partial charge in [-0.25, -0.2) is 4.79 Å². The van der Waals surface area contributed by atoms with Crippen LogP contribution in [0.4, 0.5) is 0 Å². The number of carbonyl (C=O) groups is 1. The van der Waals surface area contributed by atoms with E-state index < -0.39 is 17.9 Å². The molecule has 29 heavy (non-hydrogen) atoms. The predicted octanol–water partition coefficient (Wildman–Crippen LogP) is 3.18. The maximum Gasteiger partial charge on any atom is 0.334 e. The fraction of sp³-hybridized carbons (Fsp3) is 0.591. The van der Waals surface area contributed by atoms with Crippen LogP contribution < -0.4 is 0 Å². The lowest BCUT2D eigenvalue weighted by atomic mass is 9.92. The molecule has 2 fully saturated rings. The Kier molecular flexibility index (Phi) is 7.29. The Balaban J connectivity index is 1.68. The van der Waals surface area contributed by atoms with Gasteiger partial charge in [-0.1, -0.05) is 30.3 Å². The SMILES string of the molecule is COCO[C@@H]1CO[C@H](OCc2ccccc2)[C@H]2O/C(=C/C(=O)OC(C)(C)C)C[C@H]21. The molecule has 0 N–H and O–H groups in total. The van der Waals surface area contributed by atoms with Crippen LogP contribution >= 0.6 is 0 Å². The van der Waals surface area contributed by atoms with E-state index in [9.17, 15) is 4.79 Å². The molecule has 1 aromatic rings. The highest BCUT2D eigenvalue weighted by atomic mass is 16.7. The van der Waals surface area contributed by atoms with Crippen LogP contribution in [-0.4, -0.2) is 50.6 Å². The molecule has 4 atom stereocenters. The monoisotopic (exact) mass is 406 g/mol. The first kappa shape index (κ1) is 21.8. The van der Waals surface area contributed by atoms with Crippen molar-refractivity contribution in [1.82, 2.24) is 0 Å². The summed E-state index contributed by atoms with van der Waals surface area (Å²) in [6.45, 7) is 6.43. The van der Waals surface area contributed by atoms with E-state index in [1.807, 2.05) is 51.1 Å². The number of carbonyl (C=O) groups excluding carboxylic acids is 1. The molecular formula is C22H30O7. The molecule has 2 aliphatic rings. The summed E-state index contributed by atoms with van der Waals surface area (Å²) < 4.78 is 34.1. The summed E-state index contributed by atoms with van der Waals surface area (Å²) in [5.41, 5.74) is 0.488. The molecule has 2 aliphatic heterocycles. The number of ether oxygens (including phenoxy) is 6. The Bertz CT molecular complexity index is 695. The third-order valence-electron chi connectivity index (χ3n) is 4.66. The molecule has 3 rings (SSSR count). The number of hydrogen-bond donors (Lipinski definition) is 0. The van der Waals surface area contributed by atoms with Gasteiger partial charge in [-0.15, -0.1) is 0 Å². The minimum atomic E-state index is -0.561. The largest absolute Gasteiger partial charge is 0.489 e. The van der Waals surface area contributed by atoms with E-state index in [1.54, 1.807) is 7.11 Å². The second kappa shape index (κ2) is 9.71. The maximum absolute atomic E-state index is 12.2. The van der Waals surface area contributed by atoms with Gasteiger partial charge >= 0.3 is 5.97 Å². The fourth-order valence-electron chi connectivity index (χ4n) is 3.45. The van der Waals surface area contributed by atoms with E-state index in [0.717, 1.165) is 5.56 Å². The van der Waals surface area contributed by atoms with Crippen LogP contribution in [0.15, 0.2) is 42.2 Å². The molecule has 7 nitrogen and oxygen atoms in total. The number of fused-ring (bicyclic) bond motifs is 1. The van der Waals surface area contributed by atoms with Gasteiger partial charge in [0.15, 0.2) is 12.4 Å². The Morgan fingerprint density at radius 3 is 2.66 bits per heavy atom. The molecule has 1 aromatic carbocycles. The van der Waals surface area contributed by atoms with Gasteiger partial charge in [0.1, 0.15) is 18.2 Å². The van der Waals surface area contributed by atoms with Crippen molar-refractivity contribution in [2.45, 2.75) is 57.9 Å². The molecule has 2 heterocycles. The van der Waals surface area contributed by atoms with E-state index in [2.05, 4.69) is 0 Å². The zero-order valence-electron chi connectivity index (χ0n) is 17.5. The number of hydrogen-bond acceptors (Lipinski definition) is 7. The van der Waals surface area contributed by atoms with Crippen LogP contribution in [-0.2, 0) is 39.8 Å². The van der Waals surface area contributed by atoms with Crippen molar-refractivity contribution in [1.29, 1.82) is 0 Å². The summed E-state index contributed by atoms with van der Waals surface area (Å²) in [5.74, 6) is 0.121. The van der Waals surface area contributed by atoms with Crippen LogP contribution in [0, 0.1) is 5.92 Å². The molecule has 7 heteroatoms. The summed E-state index contributed by atoms with van der Waals surface area (Å²) in [5, 5.41) is 0. The van der Waals surface area contributed by atoms with Crippen molar-refractivity contribution < 1.29 is 33.2 Å². The third-order valence-corrected chi connectivity index (χ3v) is 4.66. The lowest BCUT2D eigenvalue weighted by Crippen LogP contribution is -2.49. The number of allylic oxidation sites excluding steroid dienone is 1. The summed E-state index contributed by atoms with van der Waals surface area (Å²) in [6.07, 6.45) is 0.828. The van der Waals surface area contributed by atoms with E-state index in [-0.39, 0.29) is 24.9 Å². The zero-order valence-corrected chi connectivity index (χ0v) is 17.5. The van der Waals surface area contributed by atoms with Crippen LogP contribution in [0.5, 0.6) is 0 Å². The summed E-state index contributed by atoms with van der Waals surface area (Å²) >= 11 is 0. The Hall–Kier alpha value is -1.93. The molecule has 0 unspecified atom stereocenters. The molecule has 0 radical (unpaired) electrons. The smallest absolute Gasteiger partial charge is 0.334 e. The van der Waals surface area contributed by atoms with Crippen molar-refractivity contribution >= 4 is 5.97 Å². The number of methoxy groups -OCH3 is 1. The minimum Gasteiger partial charge on any atom is -0.489 e. The van der Waals surface area contributed by atoms with Gasteiger partial charge in [-0.2, -0.15) is 0 Å². The molecular weight excluding hydrogens is 376 g/mol. The van der Waals surface area contributed by atoms with Crippen LogP contribution in [0.25, 0.3) is 0 Å². The van der Waals surface area contributed by atoms with Crippen molar-refractivity contribution in [3.05, 3.63) is 47.7 Å². The first-order valence-electron chi connectivity index (χ1n) is 9.83. The number of esters is 1. The molecule has 160 valence electrons. The molecule has 0 aliphatic carbocycles. The normalized spacial score (nSPS) is 28.1. The summed E-state index contributed by atoms with van der Waals surface area (Å²) in [4.78, 5) is 12.2. The lowest BCUT2D eigenvalue weighted by Gasteiger charge is -2.37. The van der Waals surface area contributed by atoms with Gasteiger partial charge in [0.05, 0.1) is 25.4 Å². The lowest BCUT2D eigenvalue weighted by molar-refractivity contribution is -0.264. The second-order valence-corrected chi connectivity index (χ2v) is 8.20. The van der Waals surface area contributed by atoms with E-state index in [0.29, 0.717) is 25.4 Å². The average molecular weight is 406 g/mol. The van der Waals surface area contributed by atoms with E-state index >= 15 is 0 Å². The highest BCUT2D eigenvalue weighted by molar-refractivity contribution is 5.82. The molecule has 0 saturated carbocycles. The summed E-state index contributed by atoms with van der Waals surface area (Å²) in [7, 11) is 1.58. The van der Waals surface area contributed by atoms with E-state index in [4.69, 9.17) is 28.4 Å². The van der Waals surface area contributed by atoms with Gasteiger partial charge in [-0.05, 0) is 26.3 Å². The van der Waals surface area contributed by atoms with Crippen LogP contribution in [0.1, 0.15) is 32.8 Å². The van der Waals surface area contributed by atoms with Gasteiger partial charge < -0.3 is 28.4 Å². The zero-order chi connectivity index (χ0) is 20.9. The van der Waals surface area contributed by atoms with Crippen LogP contribution in [0.3, 0.4) is 0 Å². The predicted molar refractivity (Wildman–Crippen MR) is 105 cm³/mol. The van der Waals surface area contributed by atoms with Gasteiger partial charge in [0, 0.05) is 19.4 Å². The minimum absolute atomic E-state index is 0.00615. The van der Waals surface area contributed by atoms with Gasteiger partial charge in [0.2, 0.25) is 0 Å². The Morgan fingerprint density at radius 2 is 1.97 bits per heavy atom. The van der Waals surface area contributed by atoms with Crippen molar-refractivity contribution in [2.24, 2.45) is 5.92 Å². The van der Waals surface area contributed by atoms with Gasteiger partial charge in [0.25, 0.3) is 0 Å². The Labute approximate surface area is 171 Å². The first-order chi connectivity index (χ1) is 13.9. The second-order valence-electron chi connectivity index (χ2n) is 8.20. The molecule has 0 bridgehead atoms. The standard InChI is InChI=1S/C22H30O7/c1-22(2,3)29-19(23)11-16-10-17-18(27-14-24-4)13-26-21(20(17)28-16)25-12-15-8-6-5-7-9-15/h5-9,11,17-18,20-21H,10,12-14H2,1-4H3/b16-11+/t17-,18+,20-,21-/m0/s1. The van der Waals surface area contributed by atoms with Gasteiger partial charge in [-0.3, -0.25) is 0 Å². The molecule has 0 amide bonds. The van der Waals surface area contributed by atoms with Crippen LogP contribution in [0.2, 0.25) is 0 Å².